The van der Waals surface area contributed by atoms with Gasteiger partial charge in [0, 0.05) is 26.2 Å². The number of amides is 2. The van der Waals surface area contributed by atoms with Gasteiger partial charge in [-0.2, -0.15) is 0 Å². The molecule has 134 valence electrons. The molecule has 0 aliphatic carbocycles. The number of nitrogens with zero attached hydrogens (tertiary/aromatic N) is 2. The summed E-state index contributed by atoms with van der Waals surface area (Å²) < 4.78 is 9.41. The molecule has 0 saturated carbocycles. The minimum atomic E-state index is -0.784. The number of hydrogen-bond acceptors (Lipinski definition) is 6. The van der Waals surface area contributed by atoms with Crippen molar-refractivity contribution in [3.05, 3.63) is 0 Å². The van der Waals surface area contributed by atoms with Gasteiger partial charge in [-0.15, -0.1) is 0 Å². The van der Waals surface area contributed by atoms with E-state index in [2.05, 4.69) is 0 Å². The van der Waals surface area contributed by atoms with E-state index >= 15 is 0 Å². The van der Waals surface area contributed by atoms with Crippen molar-refractivity contribution in [1.82, 2.24) is 9.80 Å². The number of esters is 2. The molecule has 8 nitrogen and oxygen atoms in total. The van der Waals surface area contributed by atoms with E-state index in [4.69, 9.17) is 9.47 Å². The van der Waals surface area contributed by atoms with Crippen molar-refractivity contribution in [2.45, 2.75) is 51.4 Å². The molecule has 2 rings (SSSR count). The number of likely N-dealkylation sites (tertiary alicyclic amines) is 2. The van der Waals surface area contributed by atoms with Crippen molar-refractivity contribution < 1.29 is 28.7 Å². The van der Waals surface area contributed by atoms with Crippen molar-refractivity contribution >= 4 is 24.1 Å². The molecular formula is C16H24N2O6. The second-order valence-electron chi connectivity index (χ2n) is 6.08. The predicted molar refractivity (Wildman–Crippen MR) is 83.1 cm³/mol. The van der Waals surface area contributed by atoms with Crippen LogP contribution in [0.1, 0.15) is 51.4 Å². The number of rotatable bonds is 3. The van der Waals surface area contributed by atoms with Crippen LogP contribution in [-0.4, -0.2) is 60.1 Å². The van der Waals surface area contributed by atoms with Gasteiger partial charge in [0.1, 0.15) is 0 Å². The first-order chi connectivity index (χ1) is 11.6. The number of hydrogen-bond donors (Lipinski definition) is 0. The molecule has 2 saturated heterocycles. The van der Waals surface area contributed by atoms with E-state index in [1.165, 1.54) is 9.80 Å². The first kappa shape index (κ1) is 18.2. The van der Waals surface area contributed by atoms with Gasteiger partial charge in [-0.3, -0.25) is 9.59 Å². The van der Waals surface area contributed by atoms with Crippen molar-refractivity contribution in [3.63, 3.8) is 0 Å². The molecular weight excluding hydrogens is 316 g/mol. The topological polar surface area (TPSA) is 93.2 Å². The molecule has 0 spiro atoms. The Labute approximate surface area is 141 Å². The van der Waals surface area contributed by atoms with Gasteiger partial charge in [0.2, 0.25) is 0 Å². The Bertz CT molecular complexity index is 437. The Morgan fingerprint density at radius 2 is 0.917 bits per heavy atom. The van der Waals surface area contributed by atoms with E-state index in [1.807, 2.05) is 0 Å². The molecule has 2 aliphatic heterocycles. The molecule has 0 aromatic carbocycles. The zero-order valence-corrected chi connectivity index (χ0v) is 13.8. The van der Waals surface area contributed by atoms with Gasteiger partial charge in [0.25, 0.3) is 0 Å². The van der Waals surface area contributed by atoms with Crippen molar-refractivity contribution in [3.8, 4) is 0 Å². The molecule has 0 radical (unpaired) electrons. The molecule has 2 fully saturated rings. The van der Waals surface area contributed by atoms with Crippen LogP contribution >= 0.6 is 0 Å². The maximum atomic E-state index is 11.7. The average molecular weight is 340 g/mol. The average Bonchev–Trinajstić information content (AvgIpc) is 2.61. The van der Waals surface area contributed by atoms with Crippen LogP contribution in [0.5, 0.6) is 0 Å². The molecule has 0 unspecified atom stereocenters. The highest BCUT2D eigenvalue weighted by Gasteiger charge is 2.23. The fraction of sp³-hybridized carbons (Fsp3) is 0.750. The zero-order valence-electron chi connectivity index (χ0n) is 13.8. The van der Waals surface area contributed by atoms with E-state index in [9.17, 15) is 19.2 Å². The van der Waals surface area contributed by atoms with Gasteiger partial charge in [-0.05, 0) is 38.5 Å². The summed E-state index contributed by atoms with van der Waals surface area (Å²) in [5, 5.41) is 0. The van der Waals surface area contributed by atoms with Crippen molar-refractivity contribution in [1.29, 1.82) is 0 Å². The molecule has 2 amide bonds. The number of ether oxygens (including phenoxy) is 2. The largest absolute Gasteiger partial charge is 0.417 e. The summed E-state index contributed by atoms with van der Waals surface area (Å²) in [7, 11) is 0. The van der Waals surface area contributed by atoms with E-state index in [0.717, 1.165) is 38.5 Å². The first-order valence-corrected chi connectivity index (χ1v) is 8.55. The fourth-order valence-electron chi connectivity index (χ4n) is 2.78. The van der Waals surface area contributed by atoms with E-state index in [1.54, 1.807) is 0 Å². The summed E-state index contributed by atoms with van der Waals surface area (Å²) in [5.74, 6) is -1.57. The smallest absolute Gasteiger partial charge is 0.376 e. The molecule has 0 aromatic rings. The molecule has 2 heterocycles. The summed E-state index contributed by atoms with van der Waals surface area (Å²) in [6, 6.07) is 0. The van der Waals surface area contributed by atoms with E-state index < -0.39 is 24.1 Å². The predicted octanol–water partition coefficient (Wildman–Crippen LogP) is 2.06. The fourth-order valence-corrected chi connectivity index (χ4v) is 2.78. The summed E-state index contributed by atoms with van der Waals surface area (Å²) in [5.41, 5.74) is 0. The first-order valence-electron chi connectivity index (χ1n) is 8.55. The highest BCUT2D eigenvalue weighted by Crippen LogP contribution is 2.12. The highest BCUT2D eigenvalue weighted by atomic mass is 16.6. The lowest BCUT2D eigenvalue weighted by Crippen LogP contribution is -2.37. The second-order valence-corrected chi connectivity index (χ2v) is 6.08. The second kappa shape index (κ2) is 9.24. The minimum absolute atomic E-state index is 0.286. The normalized spacial score (nSPS) is 18.0. The summed E-state index contributed by atoms with van der Waals surface area (Å²) in [4.78, 5) is 49.7. The van der Waals surface area contributed by atoms with Gasteiger partial charge in [0.15, 0.2) is 0 Å². The number of piperidine rings is 2. The third-order valence-electron chi connectivity index (χ3n) is 4.16. The SMILES string of the molecule is O=C(CCC(=O)OC(=O)N1CCCCC1)OC(=O)N1CCCCC1. The Balaban J connectivity index is 1.64. The maximum absolute atomic E-state index is 11.7. The van der Waals surface area contributed by atoms with Crippen LogP contribution in [0.2, 0.25) is 0 Å². The summed E-state index contributed by atoms with van der Waals surface area (Å²) in [6.07, 6.45) is 3.81. The lowest BCUT2D eigenvalue weighted by atomic mass is 10.1. The lowest BCUT2D eigenvalue weighted by molar-refractivity contribution is -0.145. The minimum Gasteiger partial charge on any atom is -0.376 e. The third kappa shape index (κ3) is 5.82. The van der Waals surface area contributed by atoms with Gasteiger partial charge < -0.3 is 19.3 Å². The van der Waals surface area contributed by atoms with E-state index in [0.29, 0.717) is 26.2 Å². The standard InChI is InChI=1S/C16H24N2O6/c19-13(23-15(21)17-9-3-1-4-10-17)7-8-14(20)24-16(22)18-11-5-2-6-12-18/h1-12H2. The van der Waals surface area contributed by atoms with Crippen LogP contribution < -0.4 is 0 Å². The van der Waals surface area contributed by atoms with Gasteiger partial charge in [0.05, 0.1) is 12.8 Å². The van der Waals surface area contributed by atoms with Crippen LogP contribution in [0.4, 0.5) is 9.59 Å². The number of carbonyl (C=O) groups excluding carboxylic acids is 4. The zero-order chi connectivity index (χ0) is 17.4. The van der Waals surface area contributed by atoms with Crippen LogP contribution in [0.25, 0.3) is 0 Å². The molecule has 2 aliphatic rings. The molecule has 8 heteroatoms. The Morgan fingerprint density at radius 3 is 1.25 bits per heavy atom. The molecule has 0 atom stereocenters. The molecule has 24 heavy (non-hydrogen) atoms. The Hall–Kier alpha value is -2.12. The number of carbonyl (C=O) groups is 4. The van der Waals surface area contributed by atoms with Gasteiger partial charge >= 0.3 is 24.1 Å². The quantitative estimate of drug-likeness (QED) is 0.577. The van der Waals surface area contributed by atoms with Gasteiger partial charge in [-0.25, -0.2) is 9.59 Å². The monoisotopic (exact) mass is 340 g/mol. The Morgan fingerprint density at radius 1 is 0.583 bits per heavy atom. The van der Waals surface area contributed by atoms with Crippen molar-refractivity contribution in [2.24, 2.45) is 0 Å². The van der Waals surface area contributed by atoms with Crippen LogP contribution in [0.3, 0.4) is 0 Å². The molecule has 0 N–H and O–H groups in total. The summed E-state index contributed by atoms with van der Waals surface area (Å²) >= 11 is 0. The molecule has 0 aromatic heterocycles. The third-order valence-corrected chi connectivity index (χ3v) is 4.16. The lowest BCUT2D eigenvalue weighted by Gasteiger charge is -2.25. The molecule has 0 bridgehead atoms. The van der Waals surface area contributed by atoms with Crippen LogP contribution in [0.15, 0.2) is 0 Å². The Kier molecular flexibility index (Phi) is 7.02. The summed E-state index contributed by atoms with van der Waals surface area (Å²) in [6.45, 7) is 2.33. The van der Waals surface area contributed by atoms with Crippen LogP contribution in [-0.2, 0) is 19.1 Å². The maximum Gasteiger partial charge on any atom is 0.417 e. The van der Waals surface area contributed by atoms with Crippen LogP contribution in [0, 0.1) is 0 Å². The van der Waals surface area contributed by atoms with Gasteiger partial charge in [-0.1, -0.05) is 0 Å². The highest BCUT2D eigenvalue weighted by molar-refractivity contribution is 5.89. The van der Waals surface area contributed by atoms with Crippen molar-refractivity contribution in [2.75, 3.05) is 26.2 Å². The van der Waals surface area contributed by atoms with E-state index in [-0.39, 0.29) is 12.8 Å².